The van der Waals surface area contributed by atoms with Crippen molar-refractivity contribution >= 4 is 28.7 Å². The predicted molar refractivity (Wildman–Crippen MR) is 121 cm³/mol. The van der Waals surface area contributed by atoms with Crippen LogP contribution in [0.3, 0.4) is 0 Å². The number of carboxylic acids is 1. The van der Waals surface area contributed by atoms with E-state index in [0.29, 0.717) is 5.56 Å². The van der Waals surface area contributed by atoms with Crippen LogP contribution in [0.5, 0.6) is 5.75 Å². The fourth-order valence-corrected chi connectivity index (χ4v) is 3.57. The molecule has 31 heavy (non-hydrogen) atoms. The summed E-state index contributed by atoms with van der Waals surface area (Å²) in [7, 11) is 1.61. The minimum Gasteiger partial charge on any atom is -0.497 e. The van der Waals surface area contributed by atoms with Crippen LogP contribution in [-0.4, -0.2) is 28.5 Å². The molecule has 0 spiro atoms. The molecule has 0 saturated heterocycles. The van der Waals surface area contributed by atoms with Gasteiger partial charge in [-0.05, 0) is 53.6 Å². The number of hydrogen-bond donors (Lipinski definition) is 1. The van der Waals surface area contributed by atoms with Crippen LogP contribution in [0.4, 0.5) is 0 Å². The summed E-state index contributed by atoms with van der Waals surface area (Å²) in [5, 5.41) is 9.72. The van der Waals surface area contributed by atoms with E-state index in [0.717, 1.165) is 39.5 Å². The zero-order valence-electron chi connectivity index (χ0n) is 17.0. The molecule has 0 aliphatic heterocycles. The van der Waals surface area contributed by atoms with Crippen molar-refractivity contribution < 1.29 is 19.4 Å². The van der Waals surface area contributed by atoms with Gasteiger partial charge < -0.3 is 14.4 Å². The zero-order valence-corrected chi connectivity index (χ0v) is 17.0. The van der Waals surface area contributed by atoms with Crippen molar-refractivity contribution in [3.05, 3.63) is 102 Å². The Kier molecular flexibility index (Phi) is 5.67. The molecule has 4 rings (SSSR count). The molecular weight excluding hydrogens is 390 g/mol. The minimum absolute atomic E-state index is 0.00999. The van der Waals surface area contributed by atoms with E-state index in [1.807, 2.05) is 83.6 Å². The minimum atomic E-state index is -1.02. The fraction of sp³-hybridized carbons (Fsp3) is 0.0769. The predicted octanol–water partition coefficient (Wildman–Crippen LogP) is 5.16. The van der Waals surface area contributed by atoms with Gasteiger partial charge >= 0.3 is 5.97 Å². The van der Waals surface area contributed by atoms with Gasteiger partial charge in [-0.1, -0.05) is 36.4 Å². The van der Waals surface area contributed by atoms with Crippen LogP contribution < -0.4 is 4.74 Å². The molecule has 0 radical (unpaired) electrons. The van der Waals surface area contributed by atoms with Crippen molar-refractivity contribution in [2.45, 2.75) is 6.42 Å². The number of fused-ring (bicyclic) bond motifs is 1. The molecule has 0 atom stereocenters. The number of carbonyl (C=O) groups is 2. The highest BCUT2D eigenvalue weighted by Crippen LogP contribution is 2.28. The van der Waals surface area contributed by atoms with Gasteiger partial charge in [0.1, 0.15) is 5.75 Å². The van der Waals surface area contributed by atoms with Crippen LogP contribution in [0.25, 0.3) is 22.7 Å². The Morgan fingerprint density at radius 3 is 2.42 bits per heavy atom. The molecule has 5 heteroatoms. The molecule has 0 fully saturated rings. The zero-order chi connectivity index (χ0) is 21.8. The van der Waals surface area contributed by atoms with E-state index in [1.165, 1.54) is 6.08 Å². The number of benzene rings is 3. The molecule has 5 nitrogen and oxygen atoms in total. The van der Waals surface area contributed by atoms with Gasteiger partial charge in [-0.3, -0.25) is 4.79 Å². The second-order valence-electron chi connectivity index (χ2n) is 7.14. The van der Waals surface area contributed by atoms with E-state index in [4.69, 9.17) is 9.84 Å². The third kappa shape index (κ3) is 4.41. The van der Waals surface area contributed by atoms with Gasteiger partial charge in [0.2, 0.25) is 0 Å². The molecular formula is C26H21NO4. The summed E-state index contributed by atoms with van der Waals surface area (Å²) >= 11 is 0. The molecule has 1 N–H and O–H groups in total. The number of hydrogen-bond acceptors (Lipinski definition) is 3. The Balaban J connectivity index is 1.78. The molecule has 0 amide bonds. The summed E-state index contributed by atoms with van der Waals surface area (Å²) in [5.74, 6) is -0.284. The highest BCUT2D eigenvalue weighted by atomic mass is 16.5. The quantitative estimate of drug-likeness (QED) is 0.337. The first-order valence-electron chi connectivity index (χ1n) is 9.83. The molecule has 3 aromatic carbocycles. The van der Waals surface area contributed by atoms with E-state index >= 15 is 0 Å². The summed E-state index contributed by atoms with van der Waals surface area (Å²) in [6.07, 6.45) is 4.73. The standard InChI is InChI=1S/C26H21NO4/c1-31-21-11-7-19(8-12-21)16-25(28)23-17-27(20-5-3-2-4-6-20)24-13-9-18(15-22(23)24)10-14-26(29)30/h2-15,17H,16H2,1H3,(H,29,30). The number of Topliss-reactive ketones (excluding diaryl/α,β-unsaturated/α-hetero) is 1. The van der Waals surface area contributed by atoms with Crippen molar-refractivity contribution in [3.63, 3.8) is 0 Å². The monoisotopic (exact) mass is 411 g/mol. The summed E-state index contributed by atoms with van der Waals surface area (Å²) in [6.45, 7) is 0. The number of rotatable bonds is 7. The van der Waals surface area contributed by atoms with Crippen LogP contribution in [0.2, 0.25) is 0 Å². The molecule has 1 aromatic heterocycles. The molecule has 0 bridgehead atoms. The lowest BCUT2D eigenvalue weighted by molar-refractivity contribution is -0.131. The van der Waals surface area contributed by atoms with Crippen molar-refractivity contribution in [2.75, 3.05) is 7.11 Å². The Morgan fingerprint density at radius 1 is 1.00 bits per heavy atom. The first kappa shape index (κ1) is 20.2. The van der Waals surface area contributed by atoms with Gasteiger partial charge in [0.05, 0.1) is 12.6 Å². The maximum Gasteiger partial charge on any atom is 0.328 e. The van der Waals surface area contributed by atoms with Crippen LogP contribution >= 0.6 is 0 Å². The van der Waals surface area contributed by atoms with Gasteiger partial charge in [-0.25, -0.2) is 4.79 Å². The first-order valence-corrected chi connectivity index (χ1v) is 9.83. The second kappa shape index (κ2) is 8.71. The molecule has 4 aromatic rings. The lowest BCUT2D eigenvalue weighted by Crippen LogP contribution is -2.03. The fourth-order valence-electron chi connectivity index (χ4n) is 3.57. The number of carboxylic acid groups (broad SMARTS) is 1. The van der Waals surface area contributed by atoms with Crippen LogP contribution in [0.15, 0.2) is 85.1 Å². The largest absolute Gasteiger partial charge is 0.497 e. The van der Waals surface area contributed by atoms with E-state index in [2.05, 4.69) is 0 Å². The van der Waals surface area contributed by atoms with Gasteiger partial charge in [0.15, 0.2) is 5.78 Å². The number of para-hydroxylation sites is 1. The molecule has 0 aliphatic carbocycles. The number of aliphatic carboxylic acids is 1. The Bertz CT molecular complexity index is 1270. The maximum atomic E-state index is 13.2. The molecule has 0 unspecified atom stereocenters. The maximum absolute atomic E-state index is 13.2. The highest BCUT2D eigenvalue weighted by molar-refractivity contribution is 6.09. The molecule has 1 heterocycles. The summed E-state index contributed by atoms with van der Waals surface area (Å²) < 4.78 is 7.17. The SMILES string of the molecule is COc1ccc(CC(=O)c2cn(-c3ccccc3)c3ccc(C=CC(=O)O)cc23)cc1. The van der Waals surface area contributed by atoms with E-state index < -0.39 is 5.97 Å². The average Bonchev–Trinajstić information content (AvgIpc) is 3.18. The first-order chi connectivity index (χ1) is 15.0. The number of ether oxygens (including phenoxy) is 1. The van der Waals surface area contributed by atoms with E-state index in [9.17, 15) is 9.59 Å². The lowest BCUT2D eigenvalue weighted by Gasteiger charge is -2.05. The topological polar surface area (TPSA) is 68.5 Å². The Labute approximate surface area is 179 Å². The van der Waals surface area contributed by atoms with Crippen molar-refractivity contribution in [1.29, 1.82) is 0 Å². The van der Waals surface area contributed by atoms with Crippen molar-refractivity contribution in [2.24, 2.45) is 0 Å². The number of methoxy groups -OCH3 is 1. The third-order valence-electron chi connectivity index (χ3n) is 5.11. The van der Waals surface area contributed by atoms with Crippen LogP contribution in [-0.2, 0) is 11.2 Å². The number of aromatic nitrogens is 1. The van der Waals surface area contributed by atoms with E-state index in [1.54, 1.807) is 7.11 Å². The van der Waals surface area contributed by atoms with Crippen molar-refractivity contribution in [1.82, 2.24) is 4.57 Å². The van der Waals surface area contributed by atoms with Crippen LogP contribution in [0.1, 0.15) is 21.5 Å². The normalized spacial score (nSPS) is 11.1. The summed E-state index contributed by atoms with van der Waals surface area (Å²) in [4.78, 5) is 24.1. The summed E-state index contributed by atoms with van der Waals surface area (Å²) in [5.41, 5.74) is 4.05. The molecule has 0 saturated carbocycles. The third-order valence-corrected chi connectivity index (χ3v) is 5.11. The Hall–Kier alpha value is -4.12. The Morgan fingerprint density at radius 2 is 1.74 bits per heavy atom. The van der Waals surface area contributed by atoms with Crippen LogP contribution in [0, 0.1) is 0 Å². The number of ketones is 1. The van der Waals surface area contributed by atoms with Crippen molar-refractivity contribution in [3.8, 4) is 11.4 Å². The van der Waals surface area contributed by atoms with Gasteiger partial charge in [-0.2, -0.15) is 0 Å². The van der Waals surface area contributed by atoms with Gasteiger partial charge in [-0.15, -0.1) is 0 Å². The number of carbonyl (C=O) groups excluding carboxylic acids is 1. The van der Waals surface area contributed by atoms with Gasteiger partial charge in [0, 0.05) is 35.3 Å². The van der Waals surface area contributed by atoms with E-state index in [-0.39, 0.29) is 12.2 Å². The molecule has 0 aliphatic rings. The molecule has 154 valence electrons. The number of nitrogens with zero attached hydrogens (tertiary/aromatic N) is 1. The lowest BCUT2D eigenvalue weighted by atomic mass is 10.0. The second-order valence-corrected chi connectivity index (χ2v) is 7.14. The smallest absolute Gasteiger partial charge is 0.328 e. The average molecular weight is 411 g/mol. The van der Waals surface area contributed by atoms with Gasteiger partial charge in [0.25, 0.3) is 0 Å². The summed E-state index contributed by atoms with van der Waals surface area (Å²) in [6, 6.07) is 22.9. The highest BCUT2D eigenvalue weighted by Gasteiger charge is 2.17.